The van der Waals surface area contributed by atoms with Crippen LogP contribution in [-0.2, 0) is 22.6 Å². The van der Waals surface area contributed by atoms with Gasteiger partial charge in [-0.1, -0.05) is 35.6 Å². The molecule has 1 N–H and O–H groups in total. The van der Waals surface area contributed by atoms with Crippen molar-refractivity contribution >= 4 is 32.3 Å². The fourth-order valence-electron chi connectivity index (χ4n) is 2.47. The van der Waals surface area contributed by atoms with Gasteiger partial charge in [0, 0.05) is 12.0 Å². The van der Waals surface area contributed by atoms with Gasteiger partial charge in [-0.15, -0.1) is 10.2 Å². The molecular weight excluding hydrogens is 427 g/mol. The molecule has 1 heterocycles. The van der Waals surface area contributed by atoms with Crippen molar-refractivity contribution in [2.24, 2.45) is 0 Å². The van der Waals surface area contributed by atoms with Gasteiger partial charge in [-0.2, -0.15) is 13.2 Å². The van der Waals surface area contributed by atoms with Crippen LogP contribution in [0.15, 0.2) is 58.9 Å². The van der Waals surface area contributed by atoms with E-state index >= 15 is 0 Å². The number of aryl methyl sites for hydroxylation is 1. The van der Waals surface area contributed by atoms with Crippen molar-refractivity contribution in [3.05, 3.63) is 70.7 Å². The number of Topliss-reactive ketones (excluding diaryl/α,β-unsaturated/α-hetero) is 1. The fraction of sp³-hybridized carbons (Fsp3) is 0.167. The van der Waals surface area contributed by atoms with Crippen LogP contribution in [0.1, 0.15) is 27.9 Å². The van der Waals surface area contributed by atoms with Gasteiger partial charge in [0.15, 0.2) is 5.78 Å². The molecule has 2 aromatic carbocycles. The van der Waals surface area contributed by atoms with Gasteiger partial charge >= 0.3 is 6.18 Å². The normalized spacial score (nSPS) is 12.0. The van der Waals surface area contributed by atoms with Crippen LogP contribution in [0.5, 0.6) is 0 Å². The Morgan fingerprint density at radius 3 is 2.24 bits per heavy atom. The second-order valence-electron chi connectivity index (χ2n) is 5.99. The summed E-state index contributed by atoms with van der Waals surface area (Å²) in [5, 5.41) is 7.27. The molecule has 0 aliphatic carbocycles. The number of carbonyl (C=O) groups is 1. The first-order chi connectivity index (χ1) is 13.6. The molecule has 11 heteroatoms. The van der Waals surface area contributed by atoms with Crippen LogP contribution in [0.25, 0.3) is 0 Å². The molecule has 0 atom stereocenters. The highest BCUT2D eigenvalue weighted by atomic mass is 32.2. The van der Waals surface area contributed by atoms with Crippen LogP contribution >= 0.6 is 11.3 Å². The van der Waals surface area contributed by atoms with E-state index in [1.54, 1.807) is 0 Å². The maximum atomic E-state index is 12.6. The molecule has 0 aliphatic heterocycles. The van der Waals surface area contributed by atoms with E-state index in [-0.39, 0.29) is 28.7 Å². The number of anilines is 1. The second kappa shape index (κ2) is 8.29. The topological polar surface area (TPSA) is 89.0 Å². The molecular formula is C18H14F3N3O3S2. The van der Waals surface area contributed by atoms with Crippen LogP contribution in [0.3, 0.4) is 0 Å². The van der Waals surface area contributed by atoms with Crippen LogP contribution < -0.4 is 4.72 Å². The van der Waals surface area contributed by atoms with E-state index in [1.807, 2.05) is 0 Å². The molecule has 29 heavy (non-hydrogen) atoms. The van der Waals surface area contributed by atoms with Gasteiger partial charge in [-0.3, -0.25) is 9.52 Å². The standard InChI is InChI=1S/C18H14F3N3O3S2/c19-18(20,21)14-6-1-12(2-7-14)3-10-16(25)13-4-8-15(9-5-13)29(26,27)24-17-23-22-11-28-17/h1-2,4-9,11H,3,10H2,(H,23,24). The third-order valence-electron chi connectivity index (χ3n) is 3.99. The number of aromatic nitrogens is 2. The molecule has 6 nitrogen and oxygen atoms in total. The highest BCUT2D eigenvalue weighted by Crippen LogP contribution is 2.29. The summed E-state index contributed by atoms with van der Waals surface area (Å²) in [6.07, 6.45) is -4.04. The summed E-state index contributed by atoms with van der Waals surface area (Å²) in [5.74, 6) is -0.245. The number of sulfonamides is 1. The Morgan fingerprint density at radius 1 is 1.03 bits per heavy atom. The lowest BCUT2D eigenvalue weighted by Gasteiger charge is -2.08. The van der Waals surface area contributed by atoms with Gasteiger partial charge in [-0.05, 0) is 36.2 Å². The van der Waals surface area contributed by atoms with E-state index in [1.165, 1.54) is 41.9 Å². The van der Waals surface area contributed by atoms with Crippen molar-refractivity contribution in [3.63, 3.8) is 0 Å². The molecule has 0 bridgehead atoms. The molecule has 0 unspecified atom stereocenters. The van der Waals surface area contributed by atoms with Crippen LogP contribution in [0, 0.1) is 0 Å². The van der Waals surface area contributed by atoms with E-state index in [9.17, 15) is 26.4 Å². The molecule has 0 radical (unpaired) electrons. The van der Waals surface area contributed by atoms with Crippen LogP contribution in [0.2, 0.25) is 0 Å². The predicted molar refractivity (Wildman–Crippen MR) is 101 cm³/mol. The van der Waals surface area contributed by atoms with Crippen molar-refractivity contribution < 1.29 is 26.4 Å². The molecule has 0 saturated heterocycles. The minimum absolute atomic E-state index is 0.0352. The zero-order valence-corrected chi connectivity index (χ0v) is 16.3. The van der Waals surface area contributed by atoms with E-state index < -0.39 is 21.8 Å². The molecule has 0 amide bonds. The van der Waals surface area contributed by atoms with Crippen molar-refractivity contribution in [3.8, 4) is 0 Å². The fourth-order valence-corrected chi connectivity index (χ4v) is 4.17. The van der Waals surface area contributed by atoms with E-state index in [0.29, 0.717) is 11.1 Å². The third kappa shape index (κ3) is 5.39. The monoisotopic (exact) mass is 441 g/mol. The van der Waals surface area contributed by atoms with Crippen LogP contribution in [0.4, 0.5) is 18.3 Å². The lowest BCUT2D eigenvalue weighted by atomic mass is 10.0. The van der Waals surface area contributed by atoms with Crippen molar-refractivity contribution in [2.75, 3.05) is 4.72 Å². The minimum Gasteiger partial charge on any atom is -0.294 e. The number of rotatable bonds is 7. The highest BCUT2D eigenvalue weighted by Gasteiger charge is 2.29. The Morgan fingerprint density at radius 2 is 1.69 bits per heavy atom. The van der Waals surface area contributed by atoms with Gasteiger partial charge in [0.2, 0.25) is 5.13 Å². The number of benzene rings is 2. The number of hydrogen-bond donors (Lipinski definition) is 1. The molecule has 0 fully saturated rings. The van der Waals surface area contributed by atoms with Gasteiger partial charge in [-0.25, -0.2) is 8.42 Å². The first-order valence-electron chi connectivity index (χ1n) is 8.23. The number of ketones is 1. The summed E-state index contributed by atoms with van der Waals surface area (Å²) in [7, 11) is -3.84. The van der Waals surface area contributed by atoms with E-state index in [4.69, 9.17) is 0 Å². The number of nitrogens with zero attached hydrogens (tertiary/aromatic N) is 2. The summed E-state index contributed by atoms with van der Waals surface area (Å²) >= 11 is 1.03. The molecule has 0 aliphatic rings. The Kier molecular flexibility index (Phi) is 5.99. The number of alkyl halides is 3. The molecule has 0 saturated carbocycles. The quantitative estimate of drug-likeness (QED) is 0.556. The summed E-state index contributed by atoms with van der Waals surface area (Å²) in [5.41, 5.74) is 1.56. The maximum Gasteiger partial charge on any atom is 0.416 e. The average molecular weight is 441 g/mol. The van der Waals surface area contributed by atoms with Gasteiger partial charge in [0.25, 0.3) is 10.0 Å². The van der Waals surface area contributed by atoms with Gasteiger partial charge in [0.1, 0.15) is 5.51 Å². The van der Waals surface area contributed by atoms with E-state index in [0.717, 1.165) is 23.5 Å². The van der Waals surface area contributed by atoms with Gasteiger partial charge in [0.05, 0.1) is 10.5 Å². The number of carbonyl (C=O) groups excluding carboxylic acids is 1. The largest absolute Gasteiger partial charge is 0.416 e. The smallest absolute Gasteiger partial charge is 0.294 e. The second-order valence-corrected chi connectivity index (χ2v) is 8.51. The lowest BCUT2D eigenvalue weighted by Crippen LogP contribution is -2.13. The SMILES string of the molecule is O=C(CCc1ccc(C(F)(F)F)cc1)c1ccc(S(=O)(=O)Nc2nncs2)cc1. The number of hydrogen-bond acceptors (Lipinski definition) is 6. The first-order valence-corrected chi connectivity index (χ1v) is 10.6. The summed E-state index contributed by atoms with van der Waals surface area (Å²) in [6, 6.07) is 10.0. The molecule has 3 aromatic rings. The molecule has 0 spiro atoms. The van der Waals surface area contributed by atoms with Crippen molar-refractivity contribution in [1.82, 2.24) is 10.2 Å². The highest BCUT2D eigenvalue weighted by molar-refractivity contribution is 7.93. The molecule has 1 aromatic heterocycles. The van der Waals surface area contributed by atoms with Gasteiger partial charge < -0.3 is 0 Å². The predicted octanol–water partition coefficient (Wildman–Crippen LogP) is 4.17. The number of nitrogens with one attached hydrogen (secondary N) is 1. The summed E-state index contributed by atoms with van der Waals surface area (Å²) in [4.78, 5) is 12.3. The Hall–Kier alpha value is -2.79. The zero-order chi connectivity index (χ0) is 21.1. The average Bonchev–Trinajstić information content (AvgIpc) is 3.18. The van der Waals surface area contributed by atoms with Crippen molar-refractivity contribution in [1.29, 1.82) is 0 Å². The zero-order valence-electron chi connectivity index (χ0n) is 14.7. The number of halogens is 3. The first kappa shape index (κ1) is 20.9. The summed E-state index contributed by atoms with van der Waals surface area (Å²) < 4.78 is 64.5. The van der Waals surface area contributed by atoms with Crippen molar-refractivity contribution in [2.45, 2.75) is 23.9 Å². The maximum absolute atomic E-state index is 12.6. The minimum atomic E-state index is -4.40. The Balaban J connectivity index is 1.62. The van der Waals surface area contributed by atoms with E-state index in [2.05, 4.69) is 14.9 Å². The Bertz CT molecular complexity index is 1080. The third-order valence-corrected chi connectivity index (χ3v) is 6.08. The lowest BCUT2D eigenvalue weighted by molar-refractivity contribution is -0.137. The summed E-state index contributed by atoms with van der Waals surface area (Å²) in [6.45, 7) is 0. The molecule has 3 rings (SSSR count). The van der Waals surface area contributed by atoms with Crippen LogP contribution in [-0.4, -0.2) is 24.4 Å². The Labute approximate surface area is 168 Å². The molecule has 152 valence electrons.